The van der Waals surface area contributed by atoms with Crippen LogP contribution in [0.1, 0.15) is 17.5 Å². The lowest BCUT2D eigenvalue weighted by atomic mass is 10.1. The highest BCUT2D eigenvalue weighted by Gasteiger charge is 2.26. The summed E-state index contributed by atoms with van der Waals surface area (Å²) >= 11 is 0. The van der Waals surface area contributed by atoms with E-state index in [1.807, 2.05) is 30.3 Å². The van der Waals surface area contributed by atoms with Crippen molar-refractivity contribution in [3.05, 3.63) is 59.7 Å². The summed E-state index contributed by atoms with van der Waals surface area (Å²) in [7, 11) is -2.40. The van der Waals surface area contributed by atoms with E-state index in [1.165, 1.54) is 19.2 Å². The molecule has 0 bridgehead atoms. The van der Waals surface area contributed by atoms with Crippen LogP contribution < -0.4 is 14.8 Å². The second kappa shape index (κ2) is 10.2. The van der Waals surface area contributed by atoms with Gasteiger partial charge in [0, 0.05) is 13.2 Å². The molecule has 2 rings (SSSR count). The van der Waals surface area contributed by atoms with E-state index < -0.39 is 22.0 Å². The maximum absolute atomic E-state index is 12.8. The van der Waals surface area contributed by atoms with Crippen molar-refractivity contribution in [3.8, 4) is 5.75 Å². The molecule has 2 aromatic carbocycles. The van der Waals surface area contributed by atoms with Crippen LogP contribution in [0.5, 0.6) is 5.75 Å². The molecule has 3 N–H and O–H groups in total. The number of sulfonamides is 1. The highest BCUT2D eigenvalue weighted by atomic mass is 32.2. The Morgan fingerprint density at radius 3 is 2.50 bits per heavy atom. The maximum Gasteiger partial charge on any atom is 0.241 e. The third-order valence-corrected chi connectivity index (χ3v) is 5.68. The molecule has 2 aromatic rings. The van der Waals surface area contributed by atoms with E-state index >= 15 is 0 Å². The number of hydrogen-bond acceptors (Lipinski definition) is 5. The lowest BCUT2D eigenvalue weighted by Gasteiger charge is -2.19. The third-order valence-electron chi connectivity index (χ3n) is 4.21. The Morgan fingerprint density at radius 2 is 1.89 bits per heavy atom. The van der Waals surface area contributed by atoms with E-state index in [1.54, 1.807) is 13.0 Å². The number of aliphatic hydroxyl groups excluding tert-OH is 1. The highest BCUT2D eigenvalue weighted by Crippen LogP contribution is 2.21. The number of nitrogens with one attached hydrogen (secondary N) is 2. The number of benzene rings is 2. The van der Waals surface area contributed by atoms with Crippen LogP contribution in [0.4, 0.5) is 0 Å². The largest absolute Gasteiger partial charge is 0.496 e. The molecule has 0 aromatic heterocycles. The monoisotopic (exact) mass is 406 g/mol. The Kier molecular flexibility index (Phi) is 7.98. The lowest BCUT2D eigenvalue weighted by Crippen LogP contribution is -2.48. The predicted molar refractivity (Wildman–Crippen MR) is 107 cm³/mol. The number of rotatable bonds is 10. The molecule has 0 saturated heterocycles. The van der Waals surface area contributed by atoms with Crippen LogP contribution in [-0.4, -0.2) is 45.7 Å². The molecule has 0 heterocycles. The molecule has 0 fully saturated rings. The van der Waals surface area contributed by atoms with Gasteiger partial charge in [0.05, 0.1) is 12.0 Å². The zero-order valence-corrected chi connectivity index (χ0v) is 16.8. The van der Waals surface area contributed by atoms with Crippen molar-refractivity contribution >= 4 is 15.9 Å². The Labute approximate surface area is 165 Å². The first kappa shape index (κ1) is 21.9. The molecule has 0 spiro atoms. The topological polar surface area (TPSA) is 105 Å². The summed E-state index contributed by atoms with van der Waals surface area (Å²) in [4.78, 5) is 12.6. The fraction of sp³-hybridized carbons (Fsp3) is 0.350. The first-order valence-electron chi connectivity index (χ1n) is 8.97. The maximum atomic E-state index is 12.8. The molecule has 0 radical (unpaired) electrons. The van der Waals surface area contributed by atoms with E-state index in [2.05, 4.69) is 10.0 Å². The summed E-state index contributed by atoms with van der Waals surface area (Å²) in [5.41, 5.74) is 1.51. The molecule has 0 aliphatic carbocycles. The van der Waals surface area contributed by atoms with Crippen LogP contribution in [0.3, 0.4) is 0 Å². The normalized spacial score (nSPS) is 12.4. The Hall–Kier alpha value is -2.42. The molecular weight excluding hydrogens is 380 g/mol. The standard InChI is InChI=1S/C20H26N2O5S/c1-15-13-17(9-10-19(15)27-2)28(25,26)22-18(20(24)21-11-6-12-23)14-16-7-4-3-5-8-16/h3-5,7-10,13,18,22-23H,6,11-12,14H2,1-2H3,(H,21,24)/t18-/m1/s1. The molecular formula is C20H26N2O5S. The average Bonchev–Trinajstić information content (AvgIpc) is 2.68. The molecule has 0 unspecified atom stereocenters. The first-order valence-corrected chi connectivity index (χ1v) is 10.4. The minimum atomic E-state index is -3.92. The summed E-state index contributed by atoms with van der Waals surface area (Å²) in [6.45, 7) is 1.96. The van der Waals surface area contributed by atoms with Crippen molar-refractivity contribution in [2.45, 2.75) is 30.7 Å². The van der Waals surface area contributed by atoms with Gasteiger partial charge in [0.1, 0.15) is 11.8 Å². The first-order chi connectivity index (χ1) is 13.4. The number of carbonyl (C=O) groups is 1. The number of hydrogen-bond donors (Lipinski definition) is 3. The van der Waals surface area contributed by atoms with Gasteiger partial charge in [-0.05, 0) is 49.1 Å². The Bertz CT molecular complexity index is 885. The van der Waals surface area contributed by atoms with Crippen molar-refractivity contribution in [3.63, 3.8) is 0 Å². The molecule has 8 heteroatoms. The smallest absolute Gasteiger partial charge is 0.241 e. The van der Waals surface area contributed by atoms with Gasteiger partial charge < -0.3 is 15.2 Å². The molecule has 0 aliphatic rings. The van der Waals surface area contributed by atoms with E-state index in [4.69, 9.17) is 9.84 Å². The van der Waals surface area contributed by atoms with Gasteiger partial charge in [-0.25, -0.2) is 8.42 Å². The minimum Gasteiger partial charge on any atom is -0.496 e. The van der Waals surface area contributed by atoms with Gasteiger partial charge in [0.25, 0.3) is 0 Å². The van der Waals surface area contributed by atoms with Crippen LogP contribution in [0.25, 0.3) is 0 Å². The van der Waals surface area contributed by atoms with Gasteiger partial charge in [-0.3, -0.25) is 4.79 Å². The fourth-order valence-corrected chi connectivity index (χ4v) is 4.01. The molecule has 1 atom stereocenters. The minimum absolute atomic E-state index is 0.0551. The van der Waals surface area contributed by atoms with Gasteiger partial charge in [-0.1, -0.05) is 30.3 Å². The van der Waals surface area contributed by atoms with Crippen molar-refractivity contribution in [1.29, 1.82) is 0 Å². The van der Waals surface area contributed by atoms with E-state index in [9.17, 15) is 13.2 Å². The zero-order chi connectivity index (χ0) is 20.6. The van der Waals surface area contributed by atoms with Crippen molar-refractivity contribution < 1.29 is 23.1 Å². The summed E-state index contributed by atoms with van der Waals surface area (Å²) in [5, 5.41) is 11.5. The number of aryl methyl sites for hydroxylation is 1. The van der Waals surface area contributed by atoms with E-state index in [-0.39, 0.29) is 24.5 Å². The number of aliphatic hydroxyl groups is 1. The van der Waals surface area contributed by atoms with Crippen molar-refractivity contribution in [2.24, 2.45) is 0 Å². The summed E-state index contributed by atoms with van der Waals surface area (Å²) < 4.78 is 33.4. The van der Waals surface area contributed by atoms with Crippen LogP contribution >= 0.6 is 0 Å². The highest BCUT2D eigenvalue weighted by molar-refractivity contribution is 7.89. The van der Waals surface area contributed by atoms with Gasteiger partial charge in [-0.2, -0.15) is 4.72 Å². The summed E-state index contributed by atoms with van der Waals surface area (Å²) in [6, 6.07) is 12.7. The average molecular weight is 407 g/mol. The lowest BCUT2D eigenvalue weighted by molar-refractivity contribution is -0.122. The van der Waals surface area contributed by atoms with Gasteiger partial charge >= 0.3 is 0 Å². The fourth-order valence-electron chi connectivity index (χ4n) is 2.72. The van der Waals surface area contributed by atoms with Crippen LogP contribution in [0, 0.1) is 6.92 Å². The van der Waals surface area contributed by atoms with Crippen LogP contribution in [0.2, 0.25) is 0 Å². The molecule has 7 nitrogen and oxygen atoms in total. The van der Waals surface area contributed by atoms with E-state index in [0.29, 0.717) is 17.7 Å². The molecule has 0 aliphatic heterocycles. The Morgan fingerprint density at radius 1 is 1.18 bits per heavy atom. The van der Waals surface area contributed by atoms with Crippen LogP contribution in [-0.2, 0) is 21.2 Å². The predicted octanol–water partition coefficient (Wildman–Crippen LogP) is 1.39. The molecule has 152 valence electrons. The second-order valence-corrected chi connectivity index (χ2v) is 8.08. The number of methoxy groups -OCH3 is 1. The van der Waals surface area contributed by atoms with E-state index in [0.717, 1.165) is 5.56 Å². The summed E-state index contributed by atoms with van der Waals surface area (Å²) in [5.74, 6) is 0.146. The van der Waals surface area contributed by atoms with Crippen molar-refractivity contribution in [2.75, 3.05) is 20.3 Å². The van der Waals surface area contributed by atoms with Gasteiger partial charge in [0.15, 0.2) is 0 Å². The van der Waals surface area contributed by atoms with Crippen molar-refractivity contribution in [1.82, 2.24) is 10.0 Å². The number of amides is 1. The molecule has 28 heavy (non-hydrogen) atoms. The van der Waals surface area contributed by atoms with Gasteiger partial charge in [-0.15, -0.1) is 0 Å². The Balaban J connectivity index is 2.24. The SMILES string of the molecule is COc1ccc(S(=O)(=O)N[C@H](Cc2ccccc2)C(=O)NCCCO)cc1C. The zero-order valence-electron chi connectivity index (χ0n) is 16.0. The van der Waals surface area contributed by atoms with Gasteiger partial charge in [0.2, 0.25) is 15.9 Å². The quantitative estimate of drug-likeness (QED) is 0.517. The third kappa shape index (κ3) is 6.05. The summed E-state index contributed by atoms with van der Waals surface area (Å²) in [6.07, 6.45) is 0.606. The molecule has 1 amide bonds. The molecule has 0 saturated carbocycles. The number of ether oxygens (including phenoxy) is 1. The van der Waals surface area contributed by atoms with Crippen LogP contribution in [0.15, 0.2) is 53.4 Å². The number of carbonyl (C=O) groups excluding carboxylic acids is 1. The second-order valence-electron chi connectivity index (χ2n) is 6.36.